The fourth-order valence-corrected chi connectivity index (χ4v) is 0.510. The highest BCUT2D eigenvalue weighted by Crippen LogP contribution is 1.98. The molecule has 82 valence electrons. The lowest BCUT2D eigenvalue weighted by atomic mass is 10.4. The van der Waals surface area contributed by atoms with E-state index in [1.54, 1.807) is 13.8 Å². The molecule has 1 heterocycles. The number of aliphatic hydroxyl groups is 2. The fraction of sp³-hybridized carbons (Fsp3) is 1.00. The molecule has 0 aromatic carbocycles. The Balaban J connectivity index is 0. The molecule has 0 aliphatic carbocycles. The highest BCUT2D eigenvalue weighted by atomic mass is 16.6. The van der Waals surface area contributed by atoms with Gasteiger partial charge in [-0.05, 0) is 26.7 Å². The summed E-state index contributed by atoms with van der Waals surface area (Å²) in [6.07, 6.45) is 2.56. The quantitative estimate of drug-likeness (QED) is 0.605. The number of hydrogen-bond donors (Lipinski definition) is 2. The van der Waals surface area contributed by atoms with Crippen LogP contribution in [0.4, 0.5) is 0 Å². The normalized spacial score (nSPS) is 15.2. The van der Waals surface area contributed by atoms with E-state index in [0.29, 0.717) is 0 Å². The number of rotatable bonds is 1. The Labute approximate surface area is 80.5 Å². The van der Waals surface area contributed by atoms with Gasteiger partial charge in [-0.25, -0.2) is 0 Å². The van der Waals surface area contributed by atoms with Crippen LogP contribution in [-0.4, -0.2) is 43.4 Å². The zero-order valence-corrected chi connectivity index (χ0v) is 9.04. The van der Waals surface area contributed by atoms with E-state index in [1.807, 2.05) is 0 Å². The van der Waals surface area contributed by atoms with Gasteiger partial charge in [0.15, 0.2) is 5.79 Å². The maximum Gasteiger partial charge on any atom is 0.159 e. The van der Waals surface area contributed by atoms with Crippen molar-refractivity contribution in [1.82, 2.24) is 0 Å². The molecule has 0 saturated carbocycles. The van der Waals surface area contributed by atoms with Gasteiger partial charge in [-0.15, -0.1) is 0 Å². The molecule has 0 amide bonds. The molecular weight excluding hydrogens is 172 g/mol. The molecule has 0 spiro atoms. The molecule has 1 aliphatic rings. The molecule has 2 N–H and O–H groups in total. The third-order valence-electron chi connectivity index (χ3n) is 1.33. The monoisotopic (exact) mass is 194 g/mol. The molecule has 4 heteroatoms. The molecule has 0 radical (unpaired) electrons. The second-order valence-electron chi connectivity index (χ2n) is 2.97. The highest BCUT2D eigenvalue weighted by molar-refractivity contribution is 4.43. The Kier molecular flexibility index (Phi) is 11.7. The highest BCUT2D eigenvalue weighted by Gasteiger charge is 2.06. The largest absolute Gasteiger partial charge is 0.400 e. The standard InChI is InChI=1S/C4H10O2.C4H8O.CH4O/c1-4(2,5)6-3;1-2-4-5-3-1;1-2/h5H,1-3H3;1-4H2;2H,1H3. The van der Waals surface area contributed by atoms with Gasteiger partial charge in [-0.3, -0.25) is 0 Å². The summed E-state index contributed by atoms with van der Waals surface area (Å²) in [5.41, 5.74) is 0. The average Bonchev–Trinajstić information content (AvgIpc) is 2.64. The van der Waals surface area contributed by atoms with Gasteiger partial charge < -0.3 is 19.7 Å². The molecule has 0 bridgehead atoms. The predicted octanol–water partition coefficient (Wildman–Crippen LogP) is 0.766. The van der Waals surface area contributed by atoms with Gasteiger partial charge in [-0.2, -0.15) is 0 Å². The first kappa shape index (κ1) is 15.3. The SMILES string of the molecule is C1CCOC1.CO.COC(C)(C)O. The molecule has 1 aliphatic heterocycles. The molecule has 0 aromatic heterocycles. The average molecular weight is 194 g/mol. The van der Waals surface area contributed by atoms with Gasteiger partial charge in [0.1, 0.15) is 0 Å². The van der Waals surface area contributed by atoms with Crippen molar-refractivity contribution in [2.24, 2.45) is 0 Å². The van der Waals surface area contributed by atoms with Crippen LogP contribution < -0.4 is 0 Å². The van der Waals surface area contributed by atoms with E-state index in [-0.39, 0.29) is 0 Å². The minimum absolute atomic E-state index is 0.958. The summed E-state index contributed by atoms with van der Waals surface area (Å²) in [6.45, 7) is 5.15. The van der Waals surface area contributed by atoms with Crippen molar-refractivity contribution in [3.63, 3.8) is 0 Å². The van der Waals surface area contributed by atoms with Crippen LogP contribution in [0.15, 0.2) is 0 Å². The number of aliphatic hydroxyl groups excluding tert-OH is 1. The molecule has 1 fully saturated rings. The van der Waals surface area contributed by atoms with Crippen LogP contribution in [0.2, 0.25) is 0 Å². The smallest absolute Gasteiger partial charge is 0.159 e. The van der Waals surface area contributed by atoms with Crippen LogP contribution in [-0.2, 0) is 9.47 Å². The van der Waals surface area contributed by atoms with Crippen molar-refractivity contribution in [1.29, 1.82) is 0 Å². The summed E-state index contributed by atoms with van der Waals surface area (Å²) < 4.78 is 9.44. The molecule has 4 nitrogen and oxygen atoms in total. The summed E-state index contributed by atoms with van der Waals surface area (Å²) in [5, 5.41) is 15.6. The van der Waals surface area contributed by atoms with E-state index in [4.69, 9.17) is 14.9 Å². The Bertz CT molecular complexity index is 76.5. The summed E-state index contributed by atoms with van der Waals surface area (Å²) in [6, 6.07) is 0. The van der Waals surface area contributed by atoms with E-state index < -0.39 is 5.79 Å². The van der Waals surface area contributed by atoms with Gasteiger partial charge in [0.25, 0.3) is 0 Å². The topological polar surface area (TPSA) is 58.9 Å². The van der Waals surface area contributed by atoms with Crippen LogP contribution in [0.3, 0.4) is 0 Å². The van der Waals surface area contributed by atoms with Crippen LogP contribution >= 0.6 is 0 Å². The van der Waals surface area contributed by atoms with E-state index >= 15 is 0 Å². The zero-order valence-electron chi connectivity index (χ0n) is 9.04. The lowest BCUT2D eigenvalue weighted by molar-refractivity contribution is -0.155. The molecular formula is C9H22O4. The zero-order chi connectivity index (χ0) is 10.7. The van der Waals surface area contributed by atoms with Crippen molar-refractivity contribution in [3.05, 3.63) is 0 Å². The second kappa shape index (κ2) is 9.92. The minimum atomic E-state index is -0.958. The van der Waals surface area contributed by atoms with Gasteiger partial charge >= 0.3 is 0 Å². The Morgan fingerprint density at radius 1 is 1.15 bits per heavy atom. The van der Waals surface area contributed by atoms with E-state index in [0.717, 1.165) is 20.3 Å². The molecule has 13 heavy (non-hydrogen) atoms. The lowest BCUT2D eigenvalue weighted by Crippen LogP contribution is -2.20. The van der Waals surface area contributed by atoms with Gasteiger partial charge in [0.2, 0.25) is 0 Å². The van der Waals surface area contributed by atoms with Crippen molar-refractivity contribution < 1.29 is 19.7 Å². The first-order valence-electron chi connectivity index (χ1n) is 4.36. The van der Waals surface area contributed by atoms with Crippen LogP contribution in [0.25, 0.3) is 0 Å². The Hall–Kier alpha value is -0.160. The molecule has 0 unspecified atom stereocenters. The van der Waals surface area contributed by atoms with Crippen LogP contribution in [0.1, 0.15) is 26.7 Å². The number of ether oxygens (including phenoxy) is 2. The van der Waals surface area contributed by atoms with Gasteiger partial charge in [-0.1, -0.05) is 0 Å². The van der Waals surface area contributed by atoms with Gasteiger partial charge in [0.05, 0.1) is 0 Å². The molecule has 0 aromatic rings. The summed E-state index contributed by atoms with van der Waals surface area (Å²) in [4.78, 5) is 0. The van der Waals surface area contributed by atoms with Crippen molar-refractivity contribution >= 4 is 0 Å². The molecule has 0 atom stereocenters. The Morgan fingerprint density at radius 3 is 1.54 bits per heavy atom. The summed E-state index contributed by atoms with van der Waals surface area (Å²) in [5.74, 6) is -0.958. The molecule has 1 rings (SSSR count). The Morgan fingerprint density at radius 2 is 1.46 bits per heavy atom. The first-order chi connectivity index (χ1) is 6.06. The maximum atomic E-state index is 8.60. The first-order valence-corrected chi connectivity index (χ1v) is 4.36. The summed E-state index contributed by atoms with van der Waals surface area (Å²) in [7, 11) is 2.46. The fourth-order valence-electron chi connectivity index (χ4n) is 0.510. The minimum Gasteiger partial charge on any atom is -0.400 e. The van der Waals surface area contributed by atoms with E-state index in [2.05, 4.69) is 4.74 Å². The van der Waals surface area contributed by atoms with Crippen molar-refractivity contribution in [2.45, 2.75) is 32.5 Å². The second-order valence-corrected chi connectivity index (χ2v) is 2.97. The third kappa shape index (κ3) is 18.7. The van der Waals surface area contributed by atoms with E-state index in [1.165, 1.54) is 20.0 Å². The number of hydrogen-bond acceptors (Lipinski definition) is 4. The van der Waals surface area contributed by atoms with E-state index in [9.17, 15) is 0 Å². The van der Waals surface area contributed by atoms with Crippen molar-refractivity contribution in [3.8, 4) is 0 Å². The third-order valence-corrected chi connectivity index (χ3v) is 1.33. The van der Waals surface area contributed by atoms with Crippen LogP contribution in [0, 0.1) is 0 Å². The number of methoxy groups -OCH3 is 1. The summed E-state index contributed by atoms with van der Waals surface area (Å²) >= 11 is 0. The van der Waals surface area contributed by atoms with Crippen molar-refractivity contribution in [2.75, 3.05) is 27.4 Å². The maximum absolute atomic E-state index is 8.60. The molecule has 1 saturated heterocycles. The predicted molar refractivity (Wildman–Crippen MR) is 51.5 cm³/mol. The lowest BCUT2D eigenvalue weighted by Gasteiger charge is -2.12. The van der Waals surface area contributed by atoms with Crippen LogP contribution in [0.5, 0.6) is 0 Å². The van der Waals surface area contributed by atoms with Gasteiger partial charge in [0, 0.05) is 27.4 Å².